The second kappa shape index (κ2) is 6.10. The molecule has 0 aromatic heterocycles. The van der Waals surface area contributed by atoms with E-state index in [0.29, 0.717) is 13.2 Å². The fourth-order valence-electron chi connectivity index (χ4n) is 2.14. The largest absolute Gasteiger partial charge is 0.489 e. The molecule has 0 bridgehead atoms. The van der Waals surface area contributed by atoms with Gasteiger partial charge in [0, 0.05) is 6.54 Å². The summed E-state index contributed by atoms with van der Waals surface area (Å²) in [5.74, 6) is 0.961. The molecule has 0 amide bonds. The zero-order valence-corrected chi connectivity index (χ0v) is 12.5. The van der Waals surface area contributed by atoms with Gasteiger partial charge in [-0.3, -0.25) is 0 Å². The molecule has 106 valence electrons. The third-order valence-corrected chi connectivity index (χ3v) is 3.35. The maximum Gasteiger partial charge on any atom is 0.123 e. The fraction of sp³-hybridized carbons (Fsp3) is 0.333. The summed E-state index contributed by atoms with van der Waals surface area (Å²) in [6, 6.07) is 16.5. The van der Waals surface area contributed by atoms with Crippen molar-refractivity contribution in [2.75, 3.05) is 0 Å². The Morgan fingerprint density at radius 3 is 2.10 bits per heavy atom. The van der Waals surface area contributed by atoms with Gasteiger partial charge in [0.15, 0.2) is 0 Å². The van der Waals surface area contributed by atoms with E-state index in [9.17, 15) is 0 Å². The number of ether oxygens (including phenoxy) is 1. The van der Waals surface area contributed by atoms with Crippen LogP contribution in [0.15, 0.2) is 48.5 Å². The third-order valence-electron chi connectivity index (χ3n) is 3.35. The van der Waals surface area contributed by atoms with Crippen LogP contribution in [0.4, 0.5) is 0 Å². The average Bonchev–Trinajstić information content (AvgIpc) is 2.45. The number of rotatable bonds is 4. The summed E-state index contributed by atoms with van der Waals surface area (Å²) in [6.45, 7) is 7.76. The Morgan fingerprint density at radius 1 is 0.900 bits per heavy atom. The first-order chi connectivity index (χ1) is 9.50. The van der Waals surface area contributed by atoms with Crippen LogP contribution in [0.5, 0.6) is 5.75 Å². The molecule has 2 heteroatoms. The highest BCUT2D eigenvalue weighted by Crippen LogP contribution is 2.31. The van der Waals surface area contributed by atoms with E-state index < -0.39 is 0 Å². The van der Waals surface area contributed by atoms with Crippen LogP contribution in [-0.4, -0.2) is 0 Å². The normalized spacial score (nSPS) is 11.4. The van der Waals surface area contributed by atoms with Crippen LogP contribution >= 0.6 is 0 Å². The minimum Gasteiger partial charge on any atom is -0.489 e. The molecule has 2 rings (SSSR count). The van der Waals surface area contributed by atoms with Crippen molar-refractivity contribution in [3.63, 3.8) is 0 Å². The summed E-state index contributed by atoms with van der Waals surface area (Å²) in [7, 11) is 0. The standard InChI is InChI=1S/C18H23NO/c1-18(2,3)16-6-4-5-7-17(16)20-13-15-10-8-14(12-19)9-11-15/h4-11H,12-13,19H2,1-3H3. The summed E-state index contributed by atoms with van der Waals surface area (Å²) in [5.41, 5.74) is 9.22. The van der Waals surface area contributed by atoms with E-state index in [4.69, 9.17) is 10.5 Å². The van der Waals surface area contributed by atoms with Crippen LogP contribution < -0.4 is 10.5 Å². The first-order valence-corrected chi connectivity index (χ1v) is 7.01. The lowest BCUT2D eigenvalue weighted by Crippen LogP contribution is -2.13. The van der Waals surface area contributed by atoms with Crippen LogP contribution in [0.2, 0.25) is 0 Å². The molecule has 2 N–H and O–H groups in total. The first-order valence-electron chi connectivity index (χ1n) is 7.01. The van der Waals surface area contributed by atoms with E-state index in [-0.39, 0.29) is 5.41 Å². The van der Waals surface area contributed by atoms with E-state index in [0.717, 1.165) is 16.9 Å². The highest BCUT2D eigenvalue weighted by atomic mass is 16.5. The van der Waals surface area contributed by atoms with Gasteiger partial charge in [-0.15, -0.1) is 0 Å². The molecular weight excluding hydrogens is 246 g/mol. The summed E-state index contributed by atoms with van der Waals surface area (Å²) in [4.78, 5) is 0. The van der Waals surface area contributed by atoms with Crippen molar-refractivity contribution in [3.05, 3.63) is 65.2 Å². The quantitative estimate of drug-likeness (QED) is 0.909. The zero-order valence-electron chi connectivity index (χ0n) is 12.5. The Balaban J connectivity index is 2.10. The van der Waals surface area contributed by atoms with Gasteiger partial charge in [0.25, 0.3) is 0 Å². The molecule has 0 aliphatic carbocycles. The molecule has 0 aliphatic heterocycles. The van der Waals surface area contributed by atoms with E-state index >= 15 is 0 Å². The van der Waals surface area contributed by atoms with Gasteiger partial charge in [0.1, 0.15) is 12.4 Å². The smallest absolute Gasteiger partial charge is 0.123 e. The molecule has 2 aromatic rings. The summed E-state index contributed by atoms with van der Waals surface area (Å²) >= 11 is 0. The minimum absolute atomic E-state index is 0.0833. The molecule has 0 heterocycles. The number of hydrogen-bond acceptors (Lipinski definition) is 2. The maximum absolute atomic E-state index is 5.99. The van der Waals surface area contributed by atoms with Crippen molar-refractivity contribution in [3.8, 4) is 5.75 Å². The van der Waals surface area contributed by atoms with Gasteiger partial charge in [-0.2, -0.15) is 0 Å². The van der Waals surface area contributed by atoms with Crippen molar-refractivity contribution >= 4 is 0 Å². The number of nitrogens with two attached hydrogens (primary N) is 1. The van der Waals surface area contributed by atoms with Gasteiger partial charge < -0.3 is 10.5 Å². The van der Waals surface area contributed by atoms with Gasteiger partial charge in [0.05, 0.1) is 0 Å². The molecule has 2 aromatic carbocycles. The molecule has 0 saturated heterocycles. The molecule has 0 saturated carbocycles. The predicted molar refractivity (Wildman–Crippen MR) is 83.8 cm³/mol. The molecular formula is C18H23NO. The van der Waals surface area contributed by atoms with Crippen LogP contribution in [0.25, 0.3) is 0 Å². The SMILES string of the molecule is CC(C)(C)c1ccccc1OCc1ccc(CN)cc1. The van der Waals surface area contributed by atoms with E-state index in [1.807, 2.05) is 24.3 Å². The van der Waals surface area contributed by atoms with Gasteiger partial charge in [-0.25, -0.2) is 0 Å². The second-order valence-electron chi connectivity index (χ2n) is 6.06. The minimum atomic E-state index is 0.0833. The van der Waals surface area contributed by atoms with Crippen molar-refractivity contribution in [2.24, 2.45) is 5.73 Å². The molecule has 0 aliphatic rings. The van der Waals surface area contributed by atoms with Crippen molar-refractivity contribution in [1.82, 2.24) is 0 Å². The van der Waals surface area contributed by atoms with E-state index in [1.165, 1.54) is 5.56 Å². The number of benzene rings is 2. The Hall–Kier alpha value is -1.80. The highest BCUT2D eigenvalue weighted by Gasteiger charge is 2.18. The molecule has 2 nitrogen and oxygen atoms in total. The lowest BCUT2D eigenvalue weighted by Gasteiger charge is -2.22. The Labute approximate surface area is 121 Å². The molecule has 0 unspecified atom stereocenters. The molecule has 0 spiro atoms. The molecule has 0 fully saturated rings. The Bertz CT molecular complexity index is 552. The zero-order chi connectivity index (χ0) is 14.6. The van der Waals surface area contributed by atoms with E-state index in [2.05, 4.69) is 45.0 Å². The maximum atomic E-state index is 5.99. The third kappa shape index (κ3) is 3.61. The van der Waals surface area contributed by atoms with Gasteiger partial charge in [-0.05, 0) is 28.2 Å². The second-order valence-corrected chi connectivity index (χ2v) is 6.06. The van der Waals surface area contributed by atoms with Crippen LogP contribution in [-0.2, 0) is 18.6 Å². The van der Waals surface area contributed by atoms with Gasteiger partial charge in [-0.1, -0.05) is 63.2 Å². The summed E-state index contributed by atoms with van der Waals surface area (Å²) in [5, 5.41) is 0. The number of hydrogen-bond donors (Lipinski definition) is 1. The molecule has 0 atom stereocenters. The van der Waals surface area contributed by atoms with Crippen LogP contribution in [0, 0.1) is 0 Å². The van der Waals surface area contributed by atoms with Crippen molar-refractivity contribution < 1.29 is 4.74 Å². The van der Waals surface area contributed by atoms with Gasteiger partial charge >= 0.3 is 0 Å². The Morgan fingerprint density at radius 2 is 1.50 bits per heavy atom. The first kappa shape index (κ1) is 14.6. The monoisotopic (exact) mass is 269 g/mol. The topological polar surface area (TPSA) is 35.2 Å². The van der Waals surface area contributed by atoms with Crippen LogP contribution in [0.3, 0.4) is 0 Å². The predicted octanol–water partition coefficient (Wildman–Crippen LogP) is 4.02. The molecule has 0 radical (unpaired) electrons. The van der Waals surface area contributed by atoms with Crippen LogP contribution in [0.1, 0.15) is 37.5 Å². The summed E-state index contributed by atoms with van der Waals surface area (Å²) < 4.78 is 5.99. The number of para-hydroxylation sites is 1. The fourth-order valence-corrected chi connectivity index (χ4v) is 2.14. The molecule has 20 heavy (non-hydrogen) atoms. The van der Waals surface area contributed by atoms with Crippen molar-refractivity contribution in [1.29, 1.82) is 0 Å². The van der Waals surface area contributed by atoms with E-state index in [1.54, 1.807) is 0 Å². The summed E-state index contributed by atoms with van der Waals surface area (Å²) in [6.07, 6.45) is 0. The lowest BCUT2D eigenvalue weighted by molar-refractivity contribution is 0.297. The lowest BCUT2D eigenvalue weighted by atomic mass is 9.86. The Kier molecular flexibility index (Phi) is 4.46. The van der Waals surface area contributed by atoms with Crippen molar-refractivity contribution in [2.45, 2.75) is 39.3 Å². The average molecular weight is 269 g/mol. The van der Waals surface area contributed by atoms with Gasteiger partial charge in [0.2, 0.25) is 0 Å². The highest BCUT2D eigenvalue weighted by molar-refractivity contribution is 5.38.